The summed E-state index contributed by atoms with van der Waals surface area (Å²) in [6, 6.07) is 6.04. The number of ether oxygens (including phenoxy) is 2. The Morgan fingerprint density at radius 3 is 2.50 bits per heavy atom. The highest BCUT2D eigenvalue weighted by atomic mass is 16.5. The molecular formula is C15H25NO2. The van der Waals surface area contributed by atoms with Gasteiger partial charge in [-0.25, -0.2) is 0 Å². The summed E-state index contributed by atoms with van der Waals surface area (Å²) in [6.45, 7) is 8.83. The van der Waals surface area contributed by atoms with E-state index in [0.717, 1.165) is 23.3 Å². The van der Waals surface area contributed by atoms with Crippen LogP contribution in [0.1, 0.15) is 51.3 Å². The summed E-state index contributed by atoms with van der Waals surface area (Å²) < 4.78 is 11.3. The lowest BCUT2D eigenvalue weighted by molar-refractivity contribution is -0.0322. The SMILES string of the molecule is CCC(C)(C)OCc1cc(C(C)N)ccc1OC. The molecule has 0 saturated carbocycles. The number of rotatable bonds is 6. The van der Waals surface area contributed by atoms with Crippen LogP contribution in [0.4, 0.5) is 0 Å². The van der Waals surface area contributed by atoms with Gasteiger partial charge in [0.15, 0.2) is 0 Å². The Morgan fingerprint density at radius 1 is 1.33 bits per heavy atom. The van der Waals surface area contributed by atoms with Crippen LogP contribution in [-0.2, 0) is 11.3 Å². The van der Waals surface area contributed by atoms with Crippen LogP contribution >= 0.6 is 0 Å². The Labute approximate surface area is 110 Å². The smallest absolute Gasteiger partial charge is 0.124 e. The van der Waals surface area contributed by atoms with Gasteiger partial charge in [-0.15, -0.1) is 0 Å². The number of methoxy groups -OCH3 is 1. The molecule has 0 saturated heterocycles. The summed E-state index contributed by atoms with van der Waals surface area (Å²) in [4.78, 5) is 0. The van der Waals surface area contributed by atoms with Gasteiger partial charge in [-0.05, 0) is 44.9 Å². The fourth-order valence-corrected chi connectivity index (χ4v) is 1.57. The van der Waals surface area contributed by atoms with E-state index in [4.69, 9.17) is 15.2 Å². The van der Waals surface area contributed by atoms with Crippen molar-refractivity contribution in [3.63, 3.8) is 0 Å². The summed E-state index contributed by atoms with van der Waals surface area (Å²) in [7, 11) is 1.68. The standard InChI is InChI=1S/C15H25NO2/c1-6-15(3,4)18-10-13-9-12(11(2)16)7-8-14(13)17-5/h7-9,11H,6,10,16H2,1-5H3. The summed E-state index contributed by atoms with van der Waals surface area (Å²) in [5.74, 6) is 0.853. The topological polar surface area (TPSA) is 44.5 Å². The molecule has 0 aliphatic rings. The second kappa shape index (κ2) is 6.21. The van der Waals surface area contributed by atoms with E-state index in [0.29, 0.717) is 6.61 Å². The monoisotopic (exact) mass is 251 g/mol. The molecule has 0 spiro atoms. The Kier molecular flexibility index (Phi) is 5.17. The van der Waals surface area contributed by atoms with Crippen molar-refractivity contribution in [3.05, 3.63) is 29.3 Å². The van der Waals surface area contributed by atoms with Crippen molar-refractivity contribution < 1.29 is 9.47 Å². The molecule has 1 atom stereocenters. The summed E-state index contributed by atoms with van der Waals surface area (Å²) in [5, 5.41) is 0. The molecule has 0 aliphatic carbocycles. The average Bonchev–Trinajstić information content (AvgIpc) is 2.36. The van der Waals surface area contributed by atoms with E-state index in [1.165, 1.54) is 0 Å². The number of hydrogen-bond donors (Lipinski definition) is 1. The molecule has 0 fully saturated rings. The van der Waals surface area contributed by atoms with Crippen molar-refractivity contribution in [2.45, 2.75) is 52.4 Å². The van der Waals surface area contributed by atoms with E-state index in [2.05, 4.69) is 26.8 Å². The van der Waals surface area contributed by atoms with Crippen LogP contribution in [0.2, 0.25) is 0 Å². The third-order valence-corrected chi connectivity index (χ3v) is 3.30. The molecule has 2 N–H and O–H groups in total. The van der Waals surface area contributed by atoms with Crippen LogP contribution < -0.4 is 10.5 Å². The van der Waals surface area contributed by atoms with Gasteiger partial charge in [0.1, 0.15) is 5.75 Å². The maximum Gasteiger partial charge on any atom is 0.124 e. The lowest BCUT2D eigenvalue weighted by atomic mass is 10.0. The van der Waals surface area contributed by atoms with Gasteiger partial charge in [0, 0.05) is 11.6 Å². The van der Waals surface area contributed by atoms with Crippen molar-refractivity contribution in [2.24, 2.45) is 5.73 Å². The molecule has 3 nitrogen and oxygen atoms in total. The van der Waals surface area contributed by atoms with Gasteiger partial charge in [-0.3, -0.25) is 0 Å². The zero-order valence-corrected chi connectivity index (χ0v) is 12.1. The molecule has 1 aromatic rings. The van der Waals surface area contributed by atoms with E-state index in [1.54, 1.807) is 7.11 Å². The second-order valence-electron chi connectivity index (χ2n) is 5.26. The van der Waals surface area contributed by atoms with E-state index in [1.807, 2.05) is 19.1 Å². The van der Waals surface area contributed by atoms with Crippen molar-refractivity contribution >= 4 is 0 Å². The number of hydrogen-bond acceptors (Lipinski definition) is 3. The molecule has 0 amide bonds. The fourth-order valence-electron chi connectivity index (χ4n) is 1.57. The highest BCUT2D eigenvalue weighted by Gasteiger charge is 2.17. The minimum Gasteiger partial charge on any atom is -0.496 e. The number of benzene rings is 1. The zero-order valence-electron chi connectivity index (χ0n) is 12.1. The molecule has 0 radical (unpaired) electrons. The Balaban J connectivity index is 2.88. The molecular weight excluding hydrogens is 226 g/mol. The predicted octanol–water partition coefficient (Wildman–Crippen LogP) is 3.42. The van der Waals surface area contributed by atoms with Crippen LogP contribution in [0.5, 0.6) is 5.75 Å². The molecule has 0 aliphatic heterocycles. The van der Waals surface area contributed by atoms with Gasteiger partial charge in [-0.2, -0.15) is 0 Å². The van der Waals surface area contributed by atoms with E-state index in [9.17, 15) is 0 Å². The predicted molar refractivity (Wildman–Crippen MR) is 74.8 cm³/mol. The summed E-state index contributed by atoms with van der Waals surface area (Å²) >= 11 is 0. The van der Waals surface area contributed by atoms with E-state index >= 15 is 0 Å². The Bertz CT molecular complexity index is 386. The summed E-state index contributed by atoms with van der Waals surface area (Å²) in [5.41, 5.74) is 7.94. The van der Waals surface area contributed by atoms with Crippen molar-refractivity contribution in [3.8, 4) is 5.75 Å². The van der Waals surface area contributed by atoms with Crippen molar-refractivity contribution in [1.82, 2.24) is 0 Å². The quantitative estimate of drug-likeness (QED) is 0.842. The second-order valence-corrected chi connectivity index (χ2v) is 5.26. The first-order valence-electron chi connectivity index (χ1n) is 6.46. The maximum absolute atomic E-state index is 5.92. The third kappa shape index (κ3) is 4.00. The molecule has 0 aromatic heterocycles. The van der Waals surface area contributed by atoms with Crippen molar-refractivity contribution in [1.29, 1.82) is 0 Å². The molecule has 3 heteroatoms. The van der Waals surface area contributed by atoms with E-state index in [-0.39, 0.29) is 11.6 Å². The first-order valence-corrected chi connectivity index (χ1v) is 6.46. The minimum absolute atomic E-state index is 0.0221. The first kappa shape index (κ1) is 15.0. The minimum atomic E-state index is -0.116. The van der Waals surface area contributed by atoms with Crippen LogP contribution in [-0.4, -0.2) is 12.7 Å². The summed E-state index contributed by atoms with van der Waals surface area (Å²) in [6.07, 6.45) is 0.975. The molecule has 0 bridgehead atoms. The largest absolute Gasteiger partial charge is 0.496 e. The highest BCUT2D eigenvalue weighted by Crippen LogP contribution is 2.25. The van der Waals surface area contributed by atoms with Crippen LogP contribution in [0.25, 0.3) is 0 Å². The third-order valence-electron chi connectivity index (χ3n) is 3.30. The zero-order chi connectivity index (χ0) is 13.8. The van der Waals surface area contributed by atoms with Crippen LogP contribution in [0, 0.1) is 0 Å². The lowest BCUT2D eigenvalue weighted by Gasteiger charge is -2.24. The maximum atomic E-state index is 5.92. The molecule has 18 heavy (non-hydrogen) atoms. The van der Waals surface area contributed by atoms with Gasteiger partial charge in [-0.1, -0.05) is 13.0 Å². The molecule has 0 heterocycles. The Hall–Kier alpha value is -1.06. The number of nitrogens with two attached hydrogens (primary N) is 1. The Morgan fingerprint density at radius 2 is 2.00 bits per heavy atom. The molecule has 102 valence electrons. The van der Waals surface area contributed by atoms with Crippen LogP contribution in [0.15, 0.2) is 18.2 Å². The van der Waals surface area contributed by atoms with Gasteiger partial charge in [0.05, 0.1) is 19.3 Å². The van der Waals surface area contributed by atoms with Gasteiger partial charge < -0.3 is 15.2 Å². The van der Waals surface area contributed by atoms with Gasteiger partial charge in [0.2, 0.25) is 0 Å². The van der Waals surface area contributed by atoms with Crippen molar-refractivity contribution in [2.75, 3.05) is 7.11 Å². The molecule has 1 unspecified atom stereocenters. The molecule has 1 rings (SSSR count). The van der Waals surface area contributed by atoms with E-state index < -0.39 is 0 Å². The highest BCUT2D eigenvalue weighted by molar-refractivity contribution is 5.37. The van der Waals surface area contributed by atoms with Gasteiger partial charge >= 0.3 is 0 Å². The fraction of sp³-hybridized carbons (Fsp3) is 0.600. The average molecular weight is 251 g/mol. The normalized spacial score (nSPS) is 13.4. The lowest BCUT2D eigenvalue weighted by Crippen LogP contribution is -2.22. The molecule has 1 aromatic carbocycles. The van der Waals surface area contributed by atoms with Crippen LogP contribution in [0.3, 0.4) is 0 Å². The van der Waals surface area contributed by atoms with Gasteiger partial charge in [0.25, 0.3) is 0 Å². The first-order chi connectivity index (χ1) is 8.39.